The van der Waals surface area contributed by atoms with Crippen molar-refractivity contribution < 1.29 is 14.3 Å². The highest BCUT2D eigenvalue weighted by atomic mass is 16.5. The molecule has 0 rings (SSSR count). The van der Waals surface area contributed by atoms with Crippen LogP contribution in [0, 0.1) is 0 Å². The summed E-state index contributed by atoms with van der Waals surface area (Å²) < 4.78 is 4.53. The third-order valence-electron chi connectivity index (χ3n) is 1.88. The maximum absolute atomic E-state index is 11.0. The van der Waals surface area contributed by atoms with Crippen LogP contribution in [0.2, 0.25) is 0 Å². The van der Waals surface area contributed by atoms with Gasteiger partial charge >= 0.3 is 11.9 Å². The molecular formula is C10H20N2O3. The molecule has 15 heavy (non-hydrogen) atoms. The first-order valence-corrected chi connectivity index (χ1v) is 5.37. The Bertz CT molecular complexity index is 195. The van der Waals surface area contributed by atoms with Crippen LogP contribution in [0.4, 0.5) is 0 Å². The molecule has 0 unspecified atom stereocenters. The smallest absolute Gasteiger partial charge is 0.396 e. The second-order valence-corrected chi connectivity index (χ2v) is 3.18. The number of ether oxygens (including phenoxy) is 1. The largest absolute Gasteiger partial charge is 0.459 e. The molecule has 0 atom stereocenters. The number of carbonyl (C=O) groups is 2. The zero-order valence-corrected chi connectivity index (χ0v) is 9.25. The van der Waals surface area contributed by atoms with E-state index in [1.807, 2.05) is 0 Å². The summed E-state index contributed by atoms with van der Waals surface area (Å²) in [5.74, 6) is -1.46. The average molecular weight is 216 g/mol. The molecule has 0 bridgehead atoms. The summed E-state index contributed by atoms with van der Waals surface area (Å²) in [5, 5.41) is 2.50. The number of hydrogen-bond acceptors (Lipinski definition) is 4. The van der Waals surface area contributed by atoms with Crippen LogP contribution in [0.25, 0.3) is 0 Å². The lowest BCUT2D eigenvalue weighted by Gasteiger charge is -2.04. The van der Waals surface area contributed by atoms with Gasteiger partial charge in [0.1, 0.15) is 0 Å². The Hall–Kier alpha value is -1.10. The number of esters is 1. The summed E-state index contributed by atoms with van der Waals surface area (Å²) in [6.07, 6.45) is 3.95. The van der Waals surface area contributed by atoms with Crippen LogP contribution in [0.5, 0.6) is 0 Å². The first-order valence-electron chi connectivity index (χ1n) is 5.37. The summed E-state index contributed by atoms with van der Waals surface area (Å²) >= 11 is 0. The van der Waals surface area contributed by atoms with E-state index in [1.54, 1.807) is 6.92 Å². The fraction of sp³-hybridized carbons (Fsp3) is 0.800. The maximum atomic E-state index is 11.0. The SMILES string of the molecule is CCOC(=O)C(=O)NCCCCCCN. The van der Waals surface area contributed by atoms with Crippen LogP contribution in [-0.2, 0) is 14.3 Å². The molecular weight excluding hydrogens is 196 g/mol. The number of carbonyl (C=O) groups excluding carboxylic acids is 2. The van der Waals surface area contributed by atoms with E-state index in [1.165, 1.54) is 0 Å². The summed E-state index contributed by atoms with van der Waals surface area (Å²) in [6.45, 7) is 3.11. The van der Waals surface area contributed by atoms with Gasteiger partial charge in [-0.05, 0) is 26.3 Å². The molecule has 3 N–H and O–H groups in total. The Morgan fingerprint density at radius 1 is 1.20 bits per heavy atom. The Balaban J connectivity index is 3.35. The Labute approximate surface area is 90.4 Å². The summed E-state index contributed by atoms with van der Waals surface area (Å²) in [5.41, 5.74) is 5.33. The van der Waals surface area contributed by atoms with Crippen LogP contribution >= 0.6 is 0 Å². The normalized spacial score (nSPS) is 9.73. The topological polar surface area (TPSA) is 81.4 Å². The van der Waals surface area contributed by atoms with Gasteiger partial charge in [-0.1, -0.05) is 12.8 Å². The highest BCUT2D eigenvalue weighted by Crippen LogP contribution is 1.96. The van der Waals surface area contributed by atoms with Gasteiger partial charge in [0.05, 0.1) is 6.61 Å². The number of rotatable bonds is 7. The van der Waals surface area contributed by atoms with Gasteiger partial charge in [-0.25, -0.2) is 4.79 Å². The second kappa shape index (κ2) is 9.45. The summed E-state index contributed by atoms with van der Waals surface area (Å²) in [7, 11) is 0. The molecule has 0 aliphatic rings. The van der Waals surface area contributed by atoms with Gasteiger partial charge in [0.15, 0.2) is 0 Å². The lowest BCUT2D eigenvalue weighted by atomic mass is 10.2. The zero-order valence-electron chi connectivity index (χ0n) is 9.25. The van der Waals surface area contributed by atoms with Crippen LogP contribution in [0.15, 0.2) is 0 Å². The third-order valence-corrected chi connectivity index (χ3v) is 1.88. The monoisotopic (exact) mass is 216 g/mol. The van der Waals surface area contributed by atoms with Crippen molar-refractivity contribution in [1.29, 1.82) is 0 Å². The van der Waals surface area contributed by atoms with Crippen molar-refractivity contribution in [2.75, 3.05) is 19.7 Å². The molecule has 5 nitrogen and oxygen atoms in total. The molecule has 0 aliphatic carbocycles. The predicted octanol–water partition coefficient (Wildman–Crippen LogP) is 0.185. The molecule has 88 valence electrons. The number of hydrogen-bond donors (Lipinski definition) is 2. The molecule has 0 heterocycles. The van der Waals surface area contributed by atoms with Gasteiger partial charge < -0.3 is 15.8 Å². The fourth-order valence-corrected chi connectivity index (χ4v) is 1.09. The van der Waals surface area contributed by atoms with Gasteiger partial charge in [0.2, 0.25) is 0 Å². The maximum Gasteiger partial charge on any atom is 0.396 e. The van der Waals surface area contributed by atoms with E-state index in [2.05, 4.69) is 10.1 Å². The van der Waals surface area contributed by atoms with E-state index >= 15 is 0 Å². The highest BCUT2D eigenvalue weighted by Gasteiger charge is 2.12. The van der Waals surface area contributed by atoms with Crippen molar-refractivity contribution >= 4 is 11.9 Å². The van der Waals surface area contributed by atoms with Crippen LogP contribution in [0.1, 0.15) is 32.6 Å². The number of amides is 1. The van der Waals surface area contributed by atoms with Gasteiger partial charge in [-0.3, -0.25) is 4.79 Å². The van der Waals surface area contributed by atoms with E-state index in [4.69, 9.17) is 5.73 Å². The minimum atomic E-state index is -0.806. The molecule has 1 amide bonds. The molecule has 0 saturated carbocycles. The van der Waals surface area contributed by atoms with Crippen molar-refractivity contribution in [3.63, 3.8) is 0 Å². The van der Waals surface area contributed by atoms with Crippen molar-refractivity contribution in [2.24, 2.45) is 5.73 Å². The number of nitrogens with one attached hydrogen (secondary N) is 1. The van der Waals surface area contributed by atoms with Crippen LogP contribution < -0.4 is 11.1 Å². The first kappa shape index (κ1) is 13.9. The Kier molecular flexibility index (Phi) is 8.76. The lowest BCUT2D eigenvalue weighted by Crippen LogP contribution is -2.33. The average Bonchev–Trinajstić information content (AvgIpc) is 2.23. The van der Waals surface area contributed by atoms with Crippen LogP contribution in [-0.4, -0.2) is 31.6 Å². The highest BCUT2D eigenvalue weighted by molar-refractivity contribution is 6.32. The third kappa shape index (κ3) is 7.93. The van der Waals surface area contributed by atoms with Gasteiger partial charge in [0.25, 0.3) is 0 Å². The Morgan fingerprint density at radius 3 is 2.47 bits per heavy atom. The molecule has 0 spiro atoms. The molecule has 5 heteroatoms. The van der Waals surface area contributed by atoms with E-state index in [0.717, 1.165) is 25.7 Å². The lowest BCUT2D eigenvalue weighted by molar-refractivity contribution is -0.154. The fourth-order valence-electron chi connectivity index (χ4n) is 1.09. The van der Waals surface area contributed by atoms with Crippen molar-refractivity contribution in [3.8, 4) is 0 Å². The van der Waals surface area contributed by atoms with E-state index < -0.39 is 11.9 Å². The van der Waals surface area contributed by atoms with Gasteiger partial charge in [-0.15, -0.1) is 0 Å². The van der Waals surface area contributed by atoms with Crippen molar-refractivity contribution in [1.82, 2.24) is 5.32 Å². The second-order valence-electron chi connectivity index (χ2n) is 3.18. The molecule has 0 aliphatic heterocycles. The summed E-state index contributed by atoms with van der Waals surface area (Å²) in [4.78, 5) is 21.9. The number of unbranched alkanes of at least 4 members (excludes halogenated alkanes) is 3. The Morgan fingerprint density at radius 2 is 1.87 bits per heavy atom. The number of nitrogens with two attached hydrogens (primary N) is 1. The zero-order chi connectivity index (χ0) is 11.5. The molecule has 0 saturated heterocycles. The van der Waals surface area contributed by atoms with Gasteiger partial charge in [-0.2, -0.15) is 0 Å². The van der Waals surface area contributed by atoms with E-state index in [9.17, 15) is 9.59 Å². The quantitative estimate of drug-likeness (QED) is 0.361. The molecule has 0 fully saturated rings. The summed E-state index contributed by atoms with van der Waals surface area (Å²) in [6, 6.07) is 0. The molecule has 0 radical (unpaired) electrons. The van der Waals surface area contributed by atoms with E-state index in [-0.39, 0.29) is 6.61 Å². The minimum Gasteiger partial charge on any atom is -0.459 e. The van der Waals surface area contributed by atoms with Crippen molar-refractivity contribution in [2.45, 2.75) is 32.6 Å². The molecule has 0 aromatic heterocycles. The van der Waals surface area contributed by atoms with Crippen LogP contribution in [0.3, 0.4) is 0 Å². The minimum absolute atomic E-state index is 0.225. The van der Waals surface area contributed by atoms with E-state index in [0.29, 0.717) is 13.1 Å². The first-order chi connectivity index (χ1) is 7.22. The standard InChI is InChI=1S/C10H20N2O3/c1-2-15-10(14)9(13)12-8-6-4-3-5-7-11/h2-8,11H2,1H3,(H,12,13). The molecule has 0 aromatic carbocycles. The predicted molar refractivity (Wildman–Crippen MR) is 57.2 cm³/mol. The van der Waals surface area contributed by atoms with Crippen molar-refractivity contribution in [3.05, 3.63) is 0 Å². The van der Waals surface area contributed by atoms with Gasteiger partial charge in [0, 0.05) is 6.54 Å². The molecule has 0 aromatic rings.